The minimum Gasteiger partial charge on any atom is -0.493 e. The molecule has 2 aromatic rings. The Morgan fingerprint density at radius 1 is 1.33 bits per heavy atom. The van der Waals surface area contributed by atoms with Crippen LogP contribution in [0.3, 0.4) is 0 Å². The topological polar surface area (TPSA) is 60.5 Å². The number of nitrogens with zero attached hydrogens (tertiary/aromatic N) is 1. The van der Waals surface area contributed by atoms with Gasteiger partial charge in [0.2, 0.25) is 5.91 Å². The van der Waals surface area contributed by atoms with Gasteiger partial charge in [0.05, 0.1) is 19.9 Å². The zero-order valence-electron chi connectivity index (χ0n) is 11.8. The van der Waals surface area contributed by atoms with Crippen LogP contribution in [0, 0.1) is 6.92 Å². The molecule has 0 fully saturated rings. The van der Waals surface area contributed by atoms with E-state index in [1.54, 1.807) is 25.3 Å². The first kappa shape index (κ1) is 15.6. The highest BCUT2D eigenvalue weighted by molar-refractivity contribution is 7.13. The van der Waals surface area contributed by atoms with Crippen molar-refractivity contribution in [3.8, 4) is 11.5 Å². The summed E-state index contributed by atoms with van der Waals surface area (Å²) in [6.45, 7) is 1.86. The first-order valence-corrected chi connectivity index (χ1v) is 7.45. The quantitative estimate of drug-likeness (QED) is 0.856. The van der Waals surface area contributed by atoms with Gasteiger partial charge in [-0.25, -0.2) is 4.98 Å². The summed E-state index contributed by atoms with van der Waals surface area (Å²) in [7, 11) is 3.08. The molecule has 0 saturated carbocycles. The van der Waals surface area contributed by atoms with Gasteiger partial charge in [-0.2, -0.15) is 0 Å². The number of hydrogen-bond acceptors (Lipinski definition) is 5. The summed E-state index contributed by atoms with van der Waals surface area (Å²) in [5.41, 5.74) is 1.48. The highest BCUT2D eigenvalue weighted by Gasteiger charge is 2.20. The zero-order chi connectivity index (χ0) is 15.4. The van der Waals surface area contributed by atoms with Crippen LogP contribution in [0.15, 0.2) is 23.6 Å². The van der Waals surface area contributed by atoms with Crippen LogP contribution in [-0.2, 0) is 4.79 Å². The minimum absolute atomic E-state index is 0.335. The summed E-state index contributed by atoms with van der Waals surface area (Å²) in [5.74, 6) is 0.776. The van der Waals surface area contributed by atoms with E-state index in [0.29, 0.717) is 22.2 Å². The van der Waals surface area contributed by atoms with E-state index in [-0.39, 0.29) is 5.91 Å². The third kappa shape index (κ3) is 3.65. The van der Waals surface area contributed by atoms with Gasteiger partial charge in [-0.05, 0) is 24.6 Å². The molecule has 2 rings (SSSR count). The second-order valence-corrected chi connectivity index (χ2v) is 5.55. The number of amides is 1. The second-order valence-electron chi connectivity index (χ2n) is 4.26. The number of carbonyl (C=O) groups excluding carboxylic acids is 1. The van der Waals surface area contributed by atoms with Crippen molar-refractivity contribution in [2.24, 2.45) is 0 Å². The lowest BCUT2D eigenvalue weighted by molar-refractivity contribution is -0.116. The van der Waals surface area contributed by atoms with Gasteiger partial charge in [0.15, 0.2) is 16.6 Å². The van der Waals surface area contributed by atoms with E-state index in [9.17, 15) is 4.79 Å². The number of halogens is 1. The third-order valence-electron chi connectivity index (χ3n) is 2.78. The van der Waals surface area contributed by atoms with Crippen molar-refractivity contribution in [1.82, 2.24) is 4.98 Å². The molecule has 0 aliphatic rings. The second kappa shape index (κ2) is 6.78. The van der Waals surface area contributed by atoms with E-state index in [0.717, 1.165) is 5.69 Å². The molecule has 0 aliphatic heterocycles. The maximum Gasteiger partial charge on any atom is 0.248 e. The third-order valence-corrected chi connectivity index (χ3v) is 4.11. The molecule has 0 spiro atoms. The van der Waals surface area contributed by atoms with E-state index in [4.69, 9.17) is 21.1 Å². The van der Waals surface area contributed by atoms with Gasteiger partial charge < -0.3 is 14.8 Å². The Bertz CT molecular complexity index is 645. The van der Waals surface area contributed by atoms with Gasteiger partial charge in [-0.1, -0.05) is 6.07 Å². The number of nitrogens with one attached hydrogen (secondary N) is 1. The Kier molecular flexibility index (Phi) is 5.03. The Morgan fingerprint density at radius 3 is 2.62 bits per heavy atom. The van der Waals surface area contributed by atoms with Crippen molar-refractivity contribution in [3.63, 3.8) is 0 Å². The van der Waals surface area contributed by atoms with E-state index in [2.05, 4.69) is 10.3 Å². The Morgan fingerprint density at radius 2 is 2.05 bits per heavy atom. The lowest BCUT2D eigenvalue weighted by Crippen LogP contribution is -2.17. The van der Waals surface area contributed by atoms with Gasteiger partial charge in [-0.15, -0.1) is 22.9 Å². The summed E-state index contributed by atoms with van der Waals surface area (Å²) in [6.07, 6.45) is 0. The molecule has 0 bridgehead atoms. The highest BCUT2D eigenvalue weighted by Crippen LogP contribution is 2.32. The maximum atomic E-state index is 12.1. The van der Waals surface area contributed by atoms with Crippen LogP contribution < -0.4 is 14.8 Å². The molecule has 1 heterocycles. The summed E-state index contributed by atoms with van der Waals surface area (Å²) < 4.78 is 10.4. The minimum atomic E-state index is -0.839. The molecule has 0 radical (unpaired) electrons. The van der Waals surface area contributed by atoms with Crippen molar-refractivity contribution in [1.29, 1.82) is 0 Å². The molecule has 0 saturated heterocycles. The zero-order valence-corrected chi connectivity index (χ0v) is 13.4. The molecule has 7 heteroatoms. The lowest BCUT2D eigenvalue weighted by Gasteiger charge is -2.13. The Labute approximate surface area is 131 Å². The van der Waals surface area contributed by atoms with Gasteiger partial charge >= 0.3 is 0 Å². The van der Waals surface area contributed by atoms with Crippen LogP contribution in [0.5, 0.6) is 11.5 Å². The van der Waals surface area contributed by atoms with Gasteiger partial charge in [0.25, 0.3) is 0 Å². The molecule has 1 aromatic carbocycles. The number of methoxy groups -OCH3 is 2. The maximum absolute atomic E-state index is 12.1. The Balaban J connectivity index is 2.15. The van der Waals surface area contributed by atoms with Crippen LogP contribution in [0.4, 0.5) is 5.13 Å². The fourth-order valence-electron chi connectivity index (χ4n) is 1.74. The van der Waals surface area contributed by atoms with Crippen molar-refractivity contribution >= 4 is 34.0 Å². The monoisotopic (exact) mass is 326 g/mol. The number of anilines is 1. The average Bonchev–Trinajstić information content (AvgIpc) is 2.90. The molecule has 1 amide bonds. The fourth-order valence-corrected chi connectivity index (χ4v) is 2.62. The summed E-state index contributed by atoms with van der Waals surface area (Å²) in [4.78, 5) is 16.3. The molecule has 0 aliphatic carbocycles. The molecule has 1 atom stereocenters. The van der Waals surface area contributed by atoms with E-state index in [1.165, 1.54) is 18.4 Å². The summed E-state index contributed by atoms with van der Waals surface area (Å²) in [5, 5.41) is 4.24. The van der Waals surface area contributed by atoms with Crippen LogP contribution in [0.25, 0.3) is 0 Å². The number of thiazole rings is 1. The summed E-state index contributed by atoms with van der Waals surface area (Å²) >= 11 is 7.56. The van der Waals surface area contributed by atoms with Crippen LogP contribution >= 0.6 is 22.9 Å². The number of aryl methyl sites for hydroxylation is 1. The molecule has 1 unspecified atom stereocenters. The molecule has 5 nitrogen and oxygen atoms in total. The number of aromatic nitrogens is 1. The summed E-state index contributed by atoms with van der Waals surface area (Å²) in [6, 6.07) is 5.12. The number of rotatable bonds is 5. The van der Waals surface area contributed by atoms with Gasteiger partial charge in [-0.3, -0.25) is 4.79 Å². The Hall–Kier alpha value is -1.79. The first-order chi connectivity index (χ1) is 10.0. The number of alkyl halides is 1. The van der Waals surface area contributed by atoms with E-state index < -0.39 is 5.38 Å². The van der Waals surface area contributed by atoms with E-state index >= 15 is 0 Å². The number of benzene rings is 1. The molecule has 1 aromatic heterocycles. The normalized spacial score (nSPS) is 11.8. The standard InChI is InChI=1S/C14H15ClN2O3S/c1-8-7-21-14(16-8)17-13(18)12(15)9-4-5-10(19-2)11(6-9)20-3/h4-7,12H,1-3H3,(H,16,17,18). The van der Waals surface area contributed by atoms with Crippen molar-refractivity contribution in [2.75, 3.05) is 19.5 Å². The molecule has 21 heavy (non-hydrogen) atoms. The molecule has 112 valence electrons. The lowest BCUT2D eigenvalue weighted by atomic mass is 10.1. The number of hydrogen-bond donors (Lipinski definition) is 1. The van der Waals surface area contributed by atoms with Gasteiger partial charge in [0.1, 0.15) is 5.38 Å². The molecular weight excluding hydrogens is 312 g/mol. The SMILES string of the molecule is COc1ccc(C(Cl)C(=O)Nc2nc(C)cs2)cc1OC. The first-order valence-electron chi connectivity index (χ1n) is 6.14. The van der Waals surface area contributed by atoms with Crippen LogP contribution in [0.2, 0.25) is 0 Å². The number of carbonyl (C=O) groups is 1. The van der Waals surface area contributed by atoms with Crippen molar-refractivity contribution < 1.29 is 14.3 Å². The fraction of sp³-hybridized carbons (Fsp3) is 0.286. The highest BCUT2D eigenvalue weighted by atomic mass is 35.5. The number of ether oxygens (including phenoxy) is 2. The van der Waals surface area contributed by atoms with Crippen LogP contribution in [0.1, 0.15) is 16.6 Å². The smallest absolute Gasteiger partial charge is 0.248 e. The van der Waals surface area contributed by atoms with Crippen LogP contribution in [-0.4, -0.2) is 25.1 Å². The van der Waals surface area contributed by atoms with Gasteiger partial charge in [0, 0.05) is 5.38 Å². The predicted octanol–water partition coefficient (Wildman–Crippen LogP) is 3.39. The van der Waals surface area contributed by atoms with E-state index in [1.807, 2.05) is 12.3 Å². The van der Waals surface area contributed by atoms with Crippen molar-refractivity contribution in [3.05, 3.63) is 34.8 Å². The predicted molar refractivity (Wildman–Crippen MR) is 83.6 cm³/mol. The average molecular weight is 327 g/mol. The molecule has 1 N–H and O–H groups in total. The largest absolute Gasteiger partial charge is 0.493 e. The molecular formula is C14H15ClN2O3S. The van der Waals surface area contributed by atoms with Crippen molar-refractivity contribution in [2.45, 2.75) is 12.3 Å².